The number of rotatable bonds is 6. The Labute approximate surface area is 169 Å². The first-order chi connectivity index (χ1) is 13.3. The second-order valence-electron chi connectivity index (χ2n) is 6.73. The van der Waals surface area contributed by atoms with Gasteiger partial charge in [-0.2, -0.15) is 9.41 Å². The maximum atomic E-state index is 12.7. The fourth-order valence-corrected chi connectivity index (χ4v) is 5.09. The molecule has 1 aliphatic rings. The lowest BCUT2D eigenvalue weighted by Gasteiger charge is -2.33. The normalized spacial score (nSPS) is 16.5. The van der Waals surface area contributed by atoms with Crippen molar-refractivity contribution in [2.75, 3.05) is 32.7 Å². The first-order valence-corrected chi connectivity index (χ1v) is 11.3. The van der Waals surface area contributed by atoms with Crippen molar-refractivity contribution < 1.29 is 13.2 Å². The lowest BCUT2D eigenvalue weighted by Crippen LogP contribution is -2.50. The molecule has 0 atom stereocenters. The van der Waals surface area contributed by atoms with Crippen molar-refractivity contribution in [1.29, 1.82) is 0 Å². The largest absolute Gasteiger partial charge is 0.292 e. The Kier molecular flexibility index (Phi) is 6.61. The van der Waals surface area contributed by atoms with Crippen LogP contribution in [0.25, 0.3) is 0 Å². The second kappa shape index (κ2) is 8.95. The minimum absolute atomic E-state index is 0.194. The van der Waals surface area contributed by atoms with E-state index in [1.165, 1.54) is 9.18 Å². The van der Waals surface area contributed by atoms with E-state index in [1.54, 1.807) is 41.8 Å². The van der Waals surface area contributed by atoms with E-state index in [9.17, 15) is 13.2 Å². The molecule has 0 aliphatic carbocycles. The summed E-state index contributed by atoms with van der Waals surface area (Å²) >= 11 is 1.60. The molecule has 0 radical (unpaired) electrons. The van der Waals surface area contributed by atoms with Gasteiger partial charge >= 0.3 is 0 Å². The molecule has 1 fully saturated rings. The van der Waals surface area contributed by atoms with Crippen molar-refractivity contribution in [3.63, 3.8) is 0 Å². The molecule has 1 aromatic heterocycles. The number of hydrazone groups is 1. The van der Waals surface area contributed by atoms with Crippen molar-refractivity contribution in [3.05, 3.63) is 51.7 Å². The molecule has 1 N–H and O–H groups in total. The van der Waals surface area contributed by atoms with E-state index in [4.69, 9.17) is 0 Å². The van der Waals surface area contributed by atoms with Crippen LogP contribution in [-0.2, 0) is 14.8 Å². The molecule has 0 spiro atoms. The van der Waals surface area contributed by atoms with Gasteiger partial charge in [0.1, 0.15) is 0 Å². The number of benzene rings is 1. The highest BCUT2D eigenvalue weighted by atomic mass is 32.2. The number of carbonyl (C=O) groups excluding carboxylic acids is 1. The third-order valence-electron chi connectivity index (χ3n) is 4.50. The molecule has 0 bridgehead atoms. The number of aryl methyl sites for hydroxylation is 2. The van der Waals surface area contributed by atoms with Gasteiger partial charge in [0, 0.05) is 35.9 Å². The molecule has 9 heteroatoms. The molecule has 2 aromatic rings. The molecule has 0 saturated carbocycles. The number of nitrogens with zero attached hydrogens (tertiary/aromatic N) is 3. The van der Waals surface area contributed by atoms with Crippen LogP contribution in [0.1, 0.15) is 15.3 Å². The highest BCUT2D eigenvalue weighted by molar-refractivity contribution is 7.89. The zero-order valence-electron chi connectivity index (χ0n) is 16.0. The summed E-state index contributed by atoms with van der Waals surface area (Å²) in [7, 11) is -3.49. The van der Waals surface area contributed by atoms with E-state index in [-0.39, 0.29) is 12.5 Å². The van der Waals surface area contributed by atoms with Gasteiger partial charge in [0.25, 0.3) is 5.91 Å². The van der Waals surface area contributed by atoms with E-state index in [0.29, 0.717) is 31.1 Å². The summed E-state index contributed by atoms with van der Waals surface area (Å²) in [6, 6.07) is 10.8. The number of sulfonamides is 1. The zero-order chi connectivity index (χ0) is 20.1. The van der Waals surface area contributed by atoms with E-state index >= 15 is 0 Å². The number of nitrogens with one attached hydrogen (secondary N) is 1. The van der Waals surface area contributed by atoms with Crippen LogP contribution in [0, 0.1) is 13.8 Å². The number of piperazine rings is 1. The van der Waals surface area contributed by atoms with Crippen LogP contribution in [0.4, 0.5) is 0 Å². The number of thiophene rings is 1. The fraction of sp³-hybridized carbons (Fsp3) is 0.368. The molecule has 1 aromatic carbocycles. The Balaban J connectivity index is 1.47. The van der Waals surface area contributed by atoms with E-state index in [2.05, 4.69) is 10.5 Å². The Morgan fingerprint density at radius 3 is 2.39 bits per heavy atom. The average Bonchev–Trinajstić information content (AvgIpc) is 3.08. The first-order valence-electron chi connectivity index (χ1n) is 9.02. The number of carbonyl (C=O) groups is 1. The van der Waals surface area contributed by atoms with E-state index in [1.807, 2.05) is 30.9 Å². The summed E-state index contributed by atoms with van der Waals surface area (Å²) in [5, 5.41) is 3.97. The molecule has 2 heterocycles. The van der Waals surface area contributed by atoms with Crippen LogP contribution in [0.5, 0.6) is 0 Å². The fourth-order valence-electron chi connectivity index (χ4n) is 2.92. The molecule has 1 aliphatic heterocycles. The molecule has 1 amide bonds. The Bertz CT molecular complexity index is 944. The molecule has 0 unspecified atom stereocenters. The van der Waals surface area contributed by atoms with Crippen molar-refractivity contribution in [2.45, 2.75) is 18.7 Å². The lowest BCUT2D eigenvalue weighted by atomic mass is 10.2. The topological polar surface area (TPSA) is 82.1 Å². The number of hydrogen-bond acceptors (Lipinski definition) is 6. The maximum absolute atomic E-state index is 12.7. The third-order valence-corrected chi connectivity index (χ3v) is 7.35. The average molecular weight is 421 g/mol. The zero-order valence-corrected chi connectivity index (χ0v) is 17.6. The van der Waals surface area contributed by atoms with Gasteiger partial charge in [-0.15, -0.1) is 11.3 Å². The highest BCUT2D eigenvalue weighted by Crippen LogP contribution is 2.18. The van der Waals surface area contributed by atoms with Gasteiger partial charge in [-0.05, 0) is 38.1 Å². The SMILES string of the molecule is Cc1ccc(S(=O)(=O)N2CCN(CC(=O)N/N=C\c3ccc(C)s3)CC2)cc1. The molecule has 7 nitrogen and oxygen atoms in total. The Morgan fingerprint density at radius 2 is 1.79 bits per heavy atom. The van der Waals surface area contributed by atoms with Crippen molar-refractivity contribution in [2.24, 2.45) is 5.10 Å². The van der Waals surface area contributed by atoms with Crippen LogP contribution in [0.2, 0.25) is 0 Å². The van der Waals surface area contributed by atoms with Crippen LogP contribution in [0.3, 0.4) is 0 Å². The van der Waals surface area contributed by atoms with E-state index in [0.717, 1.165) is 10.4 Å². The number of hydrogen-bond donors (Lipinski definition) is 1. The third kappa shape index (κ3) is 5.26. The number of amides is 1. The Hall–Kier alpha value is -2.07. The van der Waals surface area contributed by atoms with Gasteiger partial charge in [0.15, 0.2) is 0 Å². The standard InChI is InChI=1S/C19H24N4O3S2/c1-15-3-7-18(8-4-15)28(25,26)23-11-9-22(10-12-23)14-19(24)21-20-13-17-6-5-16(2)27-17/h3-8,13H,9-12,14H2,1-2H3,(H,21,24)/b20-13-. The summed E-state index contributed by atoms with van der Waals surface area (Å²) in [6.45, 7) is 5.87. The monoisotopic (exact) mass is 420 g/mol. The van der Waals surface area contributed by atoms with Crippen molar-refractivity contribution >= 4 is 33.5 Å². The summed E-state index contributed by atoms with van der Waals surface area (Å²) in [5.41, 5.74) is 3.54. The van der Waals surface area contributed by atoms with Crippen LogP contribution >= 0.6 is 11.3 Å². The summed E-state index contributed by atoms with van der Waals surface area (Å²) in [4.78, 5) is 16.4. The molecule has 3 rings (SSSR count). The van der Waals surface area contributed by atoms with Gasteiger partial charge in [0.05, 0.1) is 17.7 Å². The van der Waals surface area contributed by atoms with Crippen LogP contribution in [0.15, 0.2) is 46.4 Å². The minimum Gasteiger partial charge on any atom is -0.292 e. The molecular weight excluding hydrogens is 396 g/mol. The Morgan fingerprint density at radius 1 is 1.11 bits per heavy atom. The van der Waals surface area contributed by atoms with Crippen LogP contribution < -0.4 is 5.43 Å². The first kappa shape index (κ1) is 20.7. The van der Waals surface area contributed by atoms with Gasteiger partial charge in [-0.25, -0.2) is 13.8 Å². The van der Waals surface area contributed by atoms with Crippen molar-refractivity contribution in [1.82, 2.24) is 14.6 Å². The van der Waals surface area contributed by atoms with Gasteiger partial charge in [0.2, 0.25) is 10.0 Å². The lowest BCUT2D eigenvalue weighted by molar-refractivity contribution is -0.122. The summed E-state index contributed by atoms with van der Waals surface area (Å²) in [5.74, 6) is -0.209. The predicted octanol–water partition coefficient (Wildman–Crippen LogP) is 1.82. The smallest absolute Gasteiger partial charge is 0.254 e. The molecule has 150 valence electrons. The quantitative estimate of drug-likeness (QED) is 0.571. The summed E-state index contributed by atoms with van der Waals surface area (Å²) in [6.07, 6.45) is 1.63. The van der Waals surface area contributed by atoms with Gasteiger partial charge < -0.3 is 0 Å². The van der Waals surface area contributed by atoms with E-state index < -0.39 is 10.0 Å². The van der Waals surface area contributed by atoms with Gasteiger partial charge in [-0.1, -0.05) is 17.7 Å². The summed E-state index contributed by atoms with van der Waals surface area (Å²) < 4.78 is 26.9. The second-order valence-corrected chi connectivity index (χ2v) is 9.99. The molecule has 1 saturated heterocycles. The van der Waals surface area contributed by atoms with Gasteiger partial charge in [-0.3, -0.25) is 9.69 Å². The van der Waals surface area contributed by atoms with Crippen LogP contribution in [-0.4, -0.2) is 62.5 Å². The highest BCUT2D eigenvalue weighted by Gasteiger charge is 2.28. The predicted molar refractivity (Wildman–Crippen MR) is 111 cm³/mol. The molecule has 28 heavy (non-hydrogen) atoms. The molecular formula is C19H24N4O3S2. The minimum atomic E-state index is -3.49. The van der Waals surface area contributed by atoms with Crippen molar-refractivity contribution in [3.8, 4) is 0 Å². The maximum Gasteiger partial charge on any atom is 0.254 e.